The van der Waals surface area contributed by atoms with E-state index >= 15 is 0 Å². The van der Waals surface area contributed by atoms with E-state index in [4.69, 9.17) is 0 Å². The van der Waals surface area contributed by atoms with Crippen LogP contribution in [0.1, 0.15) is 45.8 Å². The molecule has 0 aliphatic carbocycles. The fraction of sp³-hybridized carbons (Fsp3) is 0.0833. The molecule has 0 saturated heterocycles. The third-order valence-electron chi connectivity index (χ3n) is 4.42. The normalized spacial score (nSPS) is 11.9. The van der Waals surface area contributed by atoms with Crippen molar-refractivity contribution in [2.75, 3.05) is 0 Å². The van der Waals surface area contributed by atoms with E-state index in [0.29, 0.717) is 27.9 Å². The van der Waals surface area contributed by atoms with Crippen LogP contribution in [0.2, 0.25) is 0 Å². The summed E-state index contributed by atoms with van der Waals surface area (Å²) in [7, 11) is 0. The van der Waals surface area contributed by atoms with Crippen LogP contribution in [0.3, 0.4) is 0 Å². The zero-order valence-electron chi connectivity index (χ0n) is 15.5. The molecule has 0 atom stereocenters. The largest absolute Gasteiger partial charge is 0.313 e. The Morgan fingerprint density at radius 3 is 2.33 bits per heavy atom. The van der Waals surface area contributed by atoms with E-state index in [1.54, 1.807) is 22.6 Å². The molecule has 1 aromatic carbocycles. The summed E-state index contributed by atoms with van der Waals surface area (Å²) < 4.78 is 1.79. The van der Waals surface area contributed by atoms with Gasteiger partial charge in [-0.15, -0.1) is 0 Å². The number of nitrogens with zero attached hydrogens (tertiary/aromatic N) is 1. The van der Waals surface area contributed by atoms with Crippen molar-refractivity contribution in [2.45, 2.75) is 13.8 Å². The maximum atomic E-state index is 13.4. The van der Waals surface area contributed by atoms with E-state index < -0.39 is 0 Å². The van der Waals surface area contributed by atoms with Crippen molar-refractivity contribution in [1.29, 1.82) is 0 Å². The van der Waals surface area contributed by atoms with Crippen LogP contribution in [0.15, 0.2) is 85.6 Å². The molecule has 0 bridgehead atoms. The summed E-state index contributed by atoms with van der Waals surface area (Å²) in [5, 5.41) is 0. The van der Waals surface area contributed by atoms with Gasteiger partial charge in [0.25, 0.3) is 0 Å². The minimum absolute atomic E-state index is 0.105. The van der Waals surface area contributed by atoms with Crippen molar-refractivity contribution in [1.82, 2.24) is 4.40 Å². The third kappa shape index (κ3) is 3.32. The van der Waals surface area contributed by atoms with E-state index in [1.807, 2.05) is 67.7 Å². The maximum absolute atomic E-state index is 13.4. The molecule has 0 amide bonds. The lowest BCUT2D eigenvalue weighted by Crippen LogP contribution is -2.05. The summed E-state index contributed by atoms with van der Waals surface area (Å²) >= 11 is 0. The minimum Gasteiger partial charge on any atom is -0.313 e. The van der Waals surface area contributed by atoms with Crippen molar-refractivity contribution >= 4 is 22.7 Å². The molecule has 0 unspecified atom stereocenters. The summed E-state index contributed by atoms with van der Waals surface area (Å²) in [5.41, 5.74) is 3.65. The van der Waals surface area contributed by atoms with Crippen LogP contribution >= 0.6 is 0 Å². The second kappa shape index (κ2) is 7.83. The summed E-state index contributed by atoms with van der Waals surface area (Å²) in [6.45, 7) is 7.33. The fourth-order valence-corrected chi connectivity index (χ4v) is 3.25. The van der Waals surface area contributed by atoms with Crippen molar-refractivity contribution in [3.63, 3.8) is 0 Å². The highest BCUT2D eigenvalue weighted by Gasteiger charge is 2.27. The van der Waals surface area contributed by atoms with Gasteiger partial charge in [-0.25, -0.2) is 0 Å². The van der Waals surface area contributed by atoms with Gasteiger partial charge in [0, 0.05) is 24.2 Å². The Labute approximate surface area is 159 Å². The van der Waals surface area contributed by atoms with Crippen LogP contribution in [-0.4, -0.2) is 16.0 Å². The van der Waals surface area contributed by atoms with Gasteiger partial charge in [0.15, 0.2) is 11.6 Å². The molecule has 27 heavy (non-hydrogen) atoms. The standard InChI is InChI=1S/C24H21NO2/c1-4-6-12-18(5-2)21-22(24(27)19-13-8-7-9-14-19)20-15-10-11-16-25(20)23(21)17(3)26/h4-16H,2H2,1,3H3/b6-4-,18-12+. The van der Waals surface area contributed by atoms with Gasteiger partial charge in [0.2, 0.25) is 0 Å². The van der Waals surface area contributed by atoms with Gasteiger partial charge in [-0.05, 0) is 24.6 Å². The second-order valence-corrected chi connectivity index (χ2v) is 6.16. The van der Waals surface area contributed by atoms with Gasteiger partial charge in [-0.2, -0.15) is 0 Å². The molecule has 0 saturated carbocycles. The molecule has 0 aliphatic heterocycles. The Hall–Kier alpha value is -3.46. The molecule has 134 valence electrons. The van der Waals surface area contributed by atoms with Gasteiger partial charge in [-0.3, -0.25) is 9.59 Å². The van der Waals surface area contributed by atoms with Crippen molar-refractivity contribution in [3.05, 3.63) is 108 Å². The molecule has 0 radical (unpaired) electrons. The number of aromatic nitrogens is 1. The maximum Gasteiger partial charge on any atom is 0.195 e. The lowest BCUT2D eigenvalue weighted by atomic mass is 9.93. The van der Waals surface area contributed by atoms with Crippen LogP contribution < -0.4 is 0 Å². The molecule has 3 rings (SSSR count). The minimum atomic E-state index is -0.116. The highest BCUT2D eigenvalue weighted by molar-refractivity contribution is 6.19. The van der Waals surface area contributed by atoms with Crippen LogP contribution in [0.25, 0.3) is 11.1 Å². The topological polar surface area (TPSA) is 38.5 Å². The lowest BCUT2D eigenvalue weighted by Gasteiger charge is -2.07. The average Bonchev–Trinajstić information content (AvgIpc) is 3.04. The first-order valence-corrected chi connectivity index (χ1v) is 8.79. The monoisotopic (exact) mass is 355 g/mol. The number of hydrogen-bond donors (Lipinski definition) is 0. The van der Waals surface area contributed by atoms with Crippen LogP contribution in [-0.2, 0) is 0 Å². The van der Waals surface area contributed by atoms with Gasteiger partial charge in [-0.1, -0.05) is 67.3 Å². The molecule has 3 heteroatoms. The molecule has 2 heterocycles. The molecule has 0 fully saturated rings. The van der Waals surface area contributed by atoms with Crippen LogP contribution in [0.5, 0.6) is 0 Å². The first-order chi connectivity index (χ1) is 13.1. The number of fused-ring (bicyclic) bond motifs is 1. The van der Waals surface area contributed by atoms with E-state index in [1.165, 1.54) is 6.92 Å². The fourth-order valence-electron chi connectivity index (χ4n) is 3.25. The predicted octanol–water partition coefficient (Wildman–Crippen LogP) is 5.52. The Bertz CT molecular complexity index is 1080. The zero-order valence-corrected chi connectivity index (χ0v) is 15.5. The highest BCUT2D eigenvalue weighted by Crippen LogP contribution is 2.33. The van der Waals surface area contributed by atoms with Crippen molar-refractivity contribution in [3.8, 4) is 0 Å². The van der Waals surface area contributed by atoms with Gasteiger partial charge in [0.1, 0.15) is 0 Å². The molecular weight excluding hydrogens is 334 g/mol. The van der Waals surface area contributed by atoms with E-state index in [9.17, 15) is 9.59 Å². The van der Waals surface area contributed by atoms with E-state index in [0.717, 1.165) is 5.57 Å². The summed E-state index contributed by atoms with van der Waals surface area (Å²) in [6.07, 6.45) is 9.14. The Balaban J connectivity index is 2.44. The first kappa shape index (κ1) is 18.3. The summed E-state index contributed by atoms with van der Waals surface area (Å²) in [5.74, 6) is -0.221. The number of benzene rings is 1. The van der Waals surface area contributed by atoms with E-state index in [2.05, 4.69) is 6.58 Å². The Morgan fingerprint density at radius 1 is 1.00 bits per heavy atom. The SMILES string of the molecule is C=C/C(=C\C=C/C)c1c(C(=O)c2ccccc2)c2ccccn2c1C(C)=O. The number of rotatable bonds is 6. The quantitative estimate of drug-likeness (QED) is 0.431. The van der Waals surface area contributed by atoms with Gasteiger partial charge < -0.3 is 4.40 Å². The highest BCUT2D eigenvalue weighted by atomic mass is 16.1. The van der Waals surface area contributed by atoms with Crippen molar-refractivity contribution in [2.24, 2.45) is 0 Å². The van der Waals surface area contributed by atoms with Gasteiger partial charge >= 0.3 is 0 Å². The number of carbonyl (C=O) groups is 2. The molecule has 3 aromatic rings. The number of hydrogen-bond acceptors (Lipinski definition) is 2. The molecule has 0 aliphatic rings. The number of allylic oxidation sites excluding steroid dienone is 5. The number of Topliss-reactive ketones (excluding diaryl/α,β-unsaturated/α-hetero) is 1. The smallest absolute Gasteiger partial charge is 0.195 e. The number of pyridine rings is 1. The Morgan fingerprint density at radius 2 is 1.70 bits per heavy atom. The molecule has 0 spiro atoms. The molecule has 3 nitrogen and oxygen atoms in total. The van der Waals surface area contributed by atoms with Gasteiger partial charge in [0.05, 0.1) is 16.8 Å². The first-order valence-electron chi connectivity index (χ1n) is 8.79. The third-order valence-corrected chi connectivity index (χ3v) is 4.42. The second-order valence-electron chi connectivity index (χ2n) is 6.16. The van der Waals surface area contributed by atoms with E-state index in [-0.39, 0.29) is 11.6 Å². The summed E-state index contributed by atoms with van der Waals surface area (Å²) in [4.78, 5) is 25.9. The number of ketones is 2. The van der Waals surface area contributed by atoms with Crippen molar-refractivity contribution < 1.29 is 9.59 Å². The number of carbonyl (C=O) groups excluding carboxylic acids is 2. The zero-order chi connectivity index (χ0) is 19.4. The molecular formula is C24H21NO2. The van der Waals surface area contributed by atoms with Crippen LogP contribution in [0.4, 0.5) is 0 Å². The lowest BCUT2D eigenvalue weighted by molar-refractivity contribution is 0.101. The molecule has 0 N–H and O–H groups in total. The average molecular weight is 355 g/mol. The predicted molar refractivity (Wildman–Crippen MR) is 110 cm³/mol. The van der Waals surface area contributed by atoms with Crippen LogP contribution in [0, 0.1) is 0 Å². The Kier molecular flexibility index (Phi) is 5.32. The summed E-state index contributed by atoms with van der Waals surface area (Å²) in [6, 6.07) is 14.7. The molecule has 2 aromatic heterocycles.